The number of anilines is 1. The van der Waals surface area contributed by atoms with Crippen LogP contribution in [-0.2, 0) is 0 Å². The molecule has 0 unspecified atom stereocenters. The van der Waals surface area contributed by atoms with Crippen LogP contribution in [0.15, 0.2) is 36.4 Å². The lowest BCUT2D eigenvalue weighted by Crippen LogP contribution is -1.87. The topological polar surface area (TPSA) is 43.1 Å². The van der Waals surface area contributed by atoms with Crippen molar-refractivity contribution in [1.82, 2.24) is 0 Å². The molecule has 0 saturated heterocycles. The summed E-state index contributed by atoms with van der Waals surface area (Å²) in [5, 5.41) is 0. The van der Waals surface area contributed by atoms with Gasteiger partial charge in [0.15, 0.2) is 5.78 Å². The number of nitrogens with two attached hydrogens (primary N) is 1. The van der Waals surface area contributed by atoms with Crippen LogP contribution >= 0.6 is 11.3 Å². The van der Waals surface area contributed by atoms with Crippen LogP contribution in [0.4, 0.5) is 5.69 Å². The molecule has 0 amide bonds. The van der Waals surface area contributed by atoms with Crippen LogP contribution in [0.2, 0.25) is 0 Å². The molecule has 2 nitrogen and oxygen atoms in total. The maximum Gasteiger partial charge on any atom is 0.169 e. The Balaban J connectivity index is 2.46. The molecular weight excluding hydrogens is 206 g/mol. The van der Waals surface area contributed by atoms with Crippen LogP contribution in [-0.4, -0.2) is 5.78 Å². The number of hydrogen-bond acceptors (Lipinski definition) is 3. The number of ketones is 1. The van der Waals surface area contributed by atoms with Gasteiger partial charge in [-0.2, -0.15) is 0 Å². The van der Waals surface area contributed by atoms with E-state index in [-0.39, 0.29) is 5.78 Å². The second-order valence-corrected chi connectivity index (χ2v) is 4.39. The van der Waals surface area contributed by atoms with Crippen LogP contribution < -0.4 is 5.73 Å². The molecule has 2 rings (SSSR count). The van der Waals surface area contributed by atoms with Crippen molar-refractivity contribution in [2.75, 3.05) is 5.73 Å². The smallest absolute Gasteiger partial charge is 0.169 e. The van der Waals surface area contributed by atoms with E-state index in [0.29, 0.717) is 0 Å². The Morgan fingerprint density at radius 3 is 2.53 bits per heavy atom. The first-order chi connectivity index (χ1) is 7.18. The Kier molecular flexibility index (Phi) is 2.56. The van der Waals surface area contributed by atoms with Crippen molar-refractivity contribution in [1.29, 1.82) is 0 Å². The zero-order chi connectivity index (χ0) is 10.8. The third-order valence-electron chi connectivity index (χ3n) is 2.18. The third kappa shape index (κ3) is 1.92. The second kappa shape index (κ2) is 3.87. The van der Waals surface area contributed by atoms with Crippen LogP contribution in [0.5, 0.6) is 0 Å². The number of benzene rings is 1. The Hall–Kier alpha value is -1.61. The van der Waals surface area contributed by atoms with Gasteiger partial charge in [0.2, 0.25) is 0 Å². The molecule has 3 heteroatoms. The quantitative estimate of drug-likeness (QED) is 0.620. The molecule has 1 aromatic carbocycles. The van der Waals surface area contributed by atoms with Gasteiger partial charge in [-0.1, -0.05) is 18.2 Å². The van der Waals surface area contributed by atoms with Gasteiger partial charge in [0.05, 0.1) is 4.88 Å². The average molecular weight is 217 g/mol. The highest BCUT2D eigenvalue weighted by molar-refractivity contribution is 7.17. The fourth-order valence-corrected chi connectivity index (χ4v) is 2.34. The molecule has 0 aliphatic carbocycles. The lowest BCUT2D eigenvalue weighted by atomic mass is 10.1. The molecule has 0 radical (unpaired) electrons. The monoisotopic (exact) mass is 217 g/mol. The fraction of sp³-hybridized carbons (Fsp3) is 0.0833. The minimum Gasteiger partial charge on any atom is -0.398 e. The van der Waals surface area contributed by atoms with Crippen LogP contribution in [0.3, 0.4) is 0 Å². The van der Waals surface area contributed by atoms with Crippen molar-refractivity contribution in [3.8, 4) is 10.4 Å². The molecule has 2 N–H and O–H groups in total. The van der Waals surface area contributed by atoms with Crippen LogP contribution in [0, 0.1) is 0 Å². The second-order valence-electron chi connectivity index (χ2n) is 3.31. The molecule has 0 bridgehead atoms. The lowest BCUT2D eigenvalue weighted by molar-refractivity contribution is 0.102. The van der Waals surface area contributed by atoms with E-state index in [2.05, 4.69) is 0 Å². The van der Waals surface area contributed by atoms with Gasteiger partial charge in [-0.25, -0.2) is 0 Å². The summed E-state index contributed by atoms with van der Waals surface area (Å²) in [7, 11) is 0. The highest BCUT2D eigenvalue weighted by Gasteiger charge is 2.07. The van der Waals surface area contributed by atoms with Gasteiger partial charge >= 0.3 is 0 Å². The standard InChI is InChI=1S/C12H11NOS/c1-8(14)11-6-7-12(15-11)9-4-2-3-5-10(9)13/h2-7H,13H2,1H3. The number of carbonyl (C=O) groups is 1. The highest BCUT2D eigenvalue weighted by Crippen LogP contribution is 2.31. The number of nitrogen functional groups attached to an aromatic ring is 1. The Bertz CT molecular complexity index is 502. The zero-order valence-corrected chi connectivity index (χ0v) is 9.17. The van der Waals surface area contributed by atoms with Crippen molar-refractivity contribution in [2.24, 2.45) is 0 Å². The largest absolute Gasteiger partial charge is 0.398 e. The molecule has 2 aromatic rings. The summed E-state index contributed by atoms with van der Waals surface area (Å²) in [6.45, 7) is 1.57. The molecule has 1 heterocycles. The maximum absolute atomic E-state index is 11.2. The van der Waals surface area contributed by atoms with Gasteiger partial charge in [0.25, 0.3) is 0 Å². The molecule has 15 heavy (non-hydrogen) atoms. The Morgan fingerprint density at radius 2 is 1.93 bits per heavy atom. The highest BCUT2D eigenvalue weighted by atomic mass is 32.1. The van der Waals surface area contributed by atoms with Gasteiger partial charge in [-0.3, -0.25) is 4.79 Å². The van der Waals surface area contributed by atoms with E-state index in [0.717, 1.165) is 21.0 Å². The number of hydrogen-bond donors (Lipinski definition) is 1. The number of para-hydroxylation sites is 1. The van der Waals surface area contributed by atoms with Crippen molar-refractivity contribution < 1.29 is 4.79 Å². The summed E-state index contributed by atoms with van der Waals surface area (Å²) in [6, 6.07) is 11.5. The Labute approximate surface area is 92.4 Å². The molecule has 0 spiro atoms. The zero-order valence-electron chi connectivity index (χ0n) is 8.36. The minimum atomic E-state index is 0.0979. The van der Waals surface area contributed by atoms with E-state index in [1.54, 1.807) is 6.92 Å². The van der Waals surface area contributed by atoms with E-state index >= 15 is 0 Å². The van der Waals surface area contributed by atoms with Crippen molar-refractivity contribution in [3.05, 3.63) is 41.3 Å². The van der Waals surface area contributed by atoms with E-state index in [9.17, 15) is 4.79 Å². The SMILES string of the molecule is CC(=O)c1ccc(-c2ccccc2N)s1. The normalized spacial score (nSPS) is 10.2. The summed E-state index contributed by atoms with van der Waals surface area (Å²) in [4.78, 5) is 13.0. The summed E-state index contributed by atoms with van der Waals surface area (Å²) in [6.07, 6.45) is 0. The van der Waals surface area contributed by atoms with E-state index in [1.807, 2.05) is 36.4 Å². The van der Waals surface area contributed by atoms with Gasteiger partial charge < -0.3 is 5.73 Å². The van der Waals surface area contributed by atoms with Crippen molar-refractivity contribution in [2.45, 2.75) is 6.92 Å². The van der Waals surface area contributed by atoms with Crippen LogP contribution in [0.25, 0.3) is 10.4 Å². The molecule has 0 aliphatic heterocycles. The number of rotatable bonds is 2. The fourth-order valence-electron chi connectivity index (χ4n) is 1.39. The number of carbonyl (C=O) groups excluding carboxylic acids is 1. The molecule has 1 aromatic heterocycles. The molecule has 0 fully saturated rings. The molecular formula is C12H11NOS. The van der Waals surface area contributed by atoms with Crippen molar-refractivity contribution in [3.63, 3.8) is 0 Å². The lowest BCUT2D eigenvalue weighted by Gasteiger charge is -2.00. The van der Waals surface area contributed by atoms with E-state index < -0.39 is 0 Å². The number of Topliss-reactive ketones (excluding diaryl/α,β-unsaturated/α-hetero) is 1. The molecule has 0 aliphatic rings. The first-order valence-corrected chi connectivity index (χ1v) is 5.46. The van der Waals surface area contributed by atoms with Gasteiger partial charge in [0.1, 0.15) is 0 Å². The predicted molar refractivity (Wildman–Crippen MR) is 64.2 cm³/mol. The van der Waals surface area contributed by atoms with Crippen LogP contribution in [0.1, 0.15) is 16.6 Å². The predicted octanol–water partition coefficient (Wildman–Crippen LogP) is 3.20. The maximum atomic E-state index is 11.2. The minimum absolute atomic E-state index is 0.0979. The molecule has 0 atom stereocenters. The van der Waals surface area contributed by atoms with Gasteiger partial charge in [-0.15, -0.1) is 11.3 Å². The van der Waals surface area contributed by atoms with Gasteiger partial charge in [0, 0.05) is 16.1 Å². The summed E-state index contributed by atoms with van der Waals surface area (Å²) >= 11 is 1.48. The van der Waals surface area contributed by atoms with E-state index in [1.165, 1.54) is 11.3 Å². The third-order valence-corrected chi connectivity index (χ3v) is 3.40. The summed E-state index contributed by atoms with van der Waals surface area (Å²) in [5.74, 6) is 0.0979. The van der Waals surface area contributed by atoms with Crippen molar-refractivity contribution >= 4 is 22.8 Å². The Morgan fingerprint density at radius 1 is 1.20 bits per heavy atom. The first-order valence-electron chi connectivity index (χ1n) is 4.64. The summed E-state index contributed by atoms with van der Waals surface area (Å²) < 4.78 is 0. The average Bonchev–Trinajstić information content (AvgIpc) is 2.67. The van der Waals surface area contributed by atoms with E-state index in [4.69, 9.17) is 5.73 Å². The molecule has 0 saturated carbocycles. The summed E-state index contributed by atoms with van der Waals surface area (Å²) in [5.41, 5.74) is 7.60. The number of thiophene rings is 1. The molecule has 76 valence electrons. The first kappa shape index (κ1) is 9.93. The van der Waals surface area contributed by atoms with Gasteiger partial charge in [-0.05, 0) is 25.1 Å².